The number of carbonyl (C=O) groups excluding carboxylic acids is 1. The van der Waals surface area contributed by atoms with Crippen LogP contribution < -0.4 is 10.5 Å². The third-order valence-corrected chi connectivity index (χ3v) is 6.18. The average Bonchev–Trinajstić information content (AvgIpc) is 2.99. The first-order chi connectivity index (χ1) is 13.0. The molecule has 0 aliphatic carbocycles. The number of piperazine rings is 1. The van der Waals surface area contributed by atoms with Gasteiger partial charge in [-0.15, -0.1) is 11.3 Å². The van der Waals surface area contributed by atoms with E-state index in [1.165, 1.54) is 22.2 Å². The van der Waals surface area contributed by atoms with Gasteiger partial charge in [0.1, 0.15) is 17.2 Å². The lowest BCUT2D eigenvalue weighted by Crippen LogP contribution is -2.50. The van der Waals surface area contributed by atoms with Crippen LogP contribution in [0.2, 0.25) is 0 Å². The normalized spacial score (nSPS) is 14.7. The largest absolute Gasteiger partial charge is 0.353 e. The van der Waals surface area contributed by atoms with Crippen molar-refractivity contribution >= 4 is 33.3 Å². The number of hydrogen-bond donors (Lipinski definition) is 0. The number of anilines is 1. The smallest absolute Gasteiger partial charge is 0.262 e. The zero-order valence-electron chi connectivity index (χ0n) is 15.4. The number of hydrogen-bond acceptors (Lipinski definition) is 6. The summed E-state index contributed by atoms with van der Waals surface area (Å²) in [7, 11) is 0. The van der Waals surface area contributed by atoms with Crippen LogP contribution in [0.3, 0.4) is 0 Å². The molecule has 0 aromatic carbocycles. The molecule has 4 heterocycles. The molecule has 3 aromatic rings. The minimum absolute atomic E-state index is 0.0275. The van der Waals surface area contributed by atoms with Crippen LogP contribution in [0.15, 0.2) is 35.5 Å². The number of thiophene rings is 1. The van der Waals surface area contributed by atoms with Crippen molar-refractivity contribution in [3.8, 4) is 0 Å². The Labute approximate surface area is 160 Å². The quantitative estimate of drug-likeness (QED) is 0.690. The number of carbonyl (C=O) groups is 1. The molecule has 0 radical (unpaired) electrons. The SMILES string of the molecule is Cc1sc2ncn(CC(=O)N3CCN(c4ccccn4)CC3)c(=O)c2c1C. The summed E-state index contributed by atoms with van der Waals surface area (Å²) in [5.41, 5.74) is 0.820. The third-order valence-electron chi connectivity index (χ3n) is 5.07. The minimum atomic E-state index is -0.137. The monoisotopic (exact) mass is 383 g/mol. The second-order valence-corrected chi connectivity index (χ2v) is 7.90. The maximum absolute atomic E-state index is 12.8. The van der Waals surface area contributed by atoms with E-state index in [4.69, 9.17) is 0 Å². The van der Waals surface area contributed by atoms with E-state index < -0.39 is 0 Å². The molecule has 0 spiro atoms. The molecular weight excluding hydrogens is 362 g/mol. The molecule has 1 aliphatic heterocycles. The first-order valence-corrected chi connectivity index (χ1v) is 9.75. The first-order valence-electron chi connectivity index (χ1n) is 8.93. The van der Waals surface area contributed by atoms with Gasteiger partial charge in [-0.3, -0.25) is 14.2 Å². The first kappa shape index (κ1) is 17.7. The summed E-state index contributed by atoms with van der Waals surface area (Å²) in [6, 6.07) is 5.83. The predicted octanol–water partition coefficient (Wildman–Crippen LogP) is 1.82. The Morgan fingerprint density at radius 3 is 2.63 bits per heavy atom. The second kappa shape index (κ2) is 7.11. The van der Waals surface area contributed by atoms with Gasteiger partial charge in [0.15, 0.2) is 0 Å². The lowest BCUT2D eigenvalue weighted by Gasteiger charge is -2.35. The summed E-state index contributed by atoms with van der Waals surface area (Å²) < 4.78 is 1.43. The number of amides is 1. The Hall–Kier alpha value is -2.74. The van der Waals surface area contributed by atoms with E-state index in [0.29, 0.717) is 18.5 Å². The molecule has 0 saturated carbocycles. The van der Waals surface area contributed by atoms with Crippen molar-refractivity contribution in [1.82, 2.24) is 19.4 Å². The molecule has 1 aliphatic rings. The number of fused-ring (bicyclic) bond motifs is 1. The summed E-state index contributed by atoms with van der Waals surface area (Å²) in [5.74, 6) is 0.877. The van der Waals surface area contributed by atoms with E-state index in [-0.39, 0.29) is 18.0 Å². The molecule has 0 N–H and O–H groups in total. The molecule has 0 unspecified atom stereocenters. The number of rotatable bonds is 3. The number of pyridine rings is 1. The zero-order chi connectivity index (χ0) is 19.0. The highest BCUT2D eigenvalue weighted by atomic mass is 32.1. The van der Waals surface area contributed by atoms with E-state index in [1.54, 1.807) is 6.20 Å². The molecule has 1 amide bonds. The molecule has 8 heteroatoms. The van der Waals surface area contributed by atoms with Crippen LogP contribution in [0.25, 0.3) is 10.2 Å². The van der Waals surface area contributed by atoms with Crippen molar-refractivity contribution < 1.29 is 4.79 Å². The molecule has 7 nitrogen and oxygen atoms in total. The highest BCUT2D eigenvalue weighted by Crippen LogP contribution is 2.25. The lowest BCUT2D eigenvalue weighted by atomic mass is 10.2. The number of nitrogens with zero attached hydrogens (tertiary/aromatic N) is 5. The minimum Gasteiger partial charge on any atom is -0.353 e. The maximum atomic E-state index is 12.8. The Morgan fingerprint density at radius 2 is 1.93 bits per heavy atom. The Kier molecular flexibility index (Phi) is 4.65. The van der Waals surface area contributed by atoms with Crippen molar-refractivity contribution in [2.45, 2.75) is 20.4 Å². The molecule has 0 bridgehead atoms. The van der Waals surface area contributed by atoms with E-state index in [0.717, 1.165) is 34.2 Å². The number of aryl methyl sites for hydroxylation is 2. The van der Waals surface area contributed by atoms with Crippen LogP contribution in [0, 0.1) is 13.8 Å². The van der Waals surface area contributed by atoms with Crippen LogP contribution >= 0.6 is 11.3 Å². The van der Waals surface area contributed by atoms with Gasteiger partial charge < -0.3 is 9.80 Å². The lowest BCUT2D eigenvalue weighted by molar-refractivity contribution is -0.132. The maximum Gasteiger partial charge on any atom is 0.262 e. The van der Waals surface area contributed by atoms with Gasteiger partial charge >= 0.3 is 0 Å². The van der Waals surface area contributed by atoms with Crippen molar-refractivity contribution in [3.63, 3.8) is 0 Å². The van der Waals surface area contributed by atoms with E-state index in [1.807, 2.05) is 36.9 Å². The van der Waals surface area contributed by atoms with Gasteiger partial charge in [0.25, 0.3) is 5.56 Å². The third kappa shape index (κ3) is 3.32. The Bertz CT molecular complexity index is 1040. The fourth-order valence-corrected chi connectivity index (χ4v) is 4.34. The van der Waals surface area contributed by atoms with E-state index >= 15 is 0 Å². The predicted molar refractivity (Wildman–Crippen MR) is 106 cm³/mol. The summed E-state index contributed by atoms with van der Waals surface area (Å²) in [6.45, 7) is 6.65. The van der Waals surface area contributed by atoms with Crippen LogP contribution in [0.5, 0.6) is 0 Å². The highest BCUT2D eigenvalue weighted by Gasteiger charge is 2.22. The molecule has 27 heavy (non-hydrogen) atoms. The van der Waals surface area contributed by atoms with Crippen LogP contribution in [0.1, 0.15) is 10.4 Å². The average molecular weight is 383 g/mol. The summed E-state index contributed by atoms with van der Waals surface area (Å²) >= 11 is 1.52. The molecule has 0 atom stereocenters. The van der Waals surface area contributed by atoms with Crippen molar-refractivity contribution in [2.24, 2.45) is 0 Å². The molecule has 1 saturated heterocycles. The van der Waals surface area contributed by atoms with Gasteiger partial charge in [0, 0.05) is 37.3 Å². The fourth-order valence-electron chi connectivity index (χ4n) is 3.35. The molecule has 4 rings (SSSR count). The van der Waals surface area contributed by atoms with Crippen LogP contribution in [-0.4, -0.2) is 51.5 Å². The van der Waals surface area contributed by atoms with E-state index in [2.05, 4.69) is 14.9 Å². The van der Waals surface area contributed by atoms with Gasteiger partial charge in [0.05, 0.1) is 11.7 Å². The van der Waals surface area contributed by atoms with Crippen LogP contribution in [-0.2, 0) is 11.3 Å². The Balaban J connectivity index is 1.46. The van der Waals surface area contributed by atoms with Gasteiger partial charge in [0.2, 0.25) is 5.91 Å². The summed E-state index contributed by atoms with van der Waals surface area (Å²) in [4.78, 5) is 40.0. The standard InChI is InChI=1S/C19H21N5O2S/c1-13-14(2)27-18-17(13)19(26)24(12-21-18)11-16(25)23-9-7-22(8-10-23)15-5-3-4-6-20-15/h3-6,12H,7-11H2,1-2H3. The second-order valence-electron chi connectivity index (χ2n) is 6.70. The Morgan fingerprint density at radius 1 is 1.15 bits per heavy atom. The van der Waals surface area contributed by atoms with Gasteiger partial charge in [-0.1, -0.05) is 6.07 Å². The van der Waals surface area contributed by atoms with Crippen molar-refractivity contribution in [2.75, 3.05) is 31.1 Å². The van der Waals surface area contributed by atoms with Crippen LogP contribution in [0.4, 0.5) is 5.82 Å². The number of aromatic nitrogens is 3. The van der Waals surface area contributed by atoms with Gasteiger partial charge in [-0.25, -0.2) is 9.97 Å². The van der Waals surface area contributed by atoms with Crippen molar-refractivity contribution in [3.05, 3.63) is 51.5 Å². The summed E-state index contributed by atoms with van der Waals surface area (Å²) in [6.07, 6.45) is 3.26. The van der Waals surface area contributed by atoms with Crippen molar-refractivity contribution in [1.29, 1.82) is 0 Å². The topological polar surface area (TPSA) is 71.3 Å². The zero-order valence-corrected chi connectivity index (χ0v) is 16.2. The molecule has 140 valence electrons. The van der Waals surface area contributed by atoms with E-state index in [9.17, 15) is 9.59 Å². The fraction of sp³-hybridized carbons (Fsp3) is 0.368. The summed E-state index contributed by atoms with van der Waals surface area (Å²) in [5, 5.41) is 0.632. The van der Waals surface area contributed by atoms with Gasteiger partial charge in [-0.2, -0.15) is 0 Å². The molecule has 3 aromatic heterocycles. The highest BCUT2D eigenvalue weighted by molar-refractivity contribution is 7.18. The molecular formula is C19H21N5O2S. The van der Waals surface area contributed by atoms with Gasteiger partial charge in [-0.05, 0) is 31.5 Å². The molecule has 1 fully saturated rings.